The van der Waals surface area contributed by atoms with E-state index in [9.17, 15) is 0 Å². The molecule has 0 aliphatic carbocycles. The Kier molecular flexibility index (Phi) is 8.53. The quantitative estimate of drug-likeness (QED) is 0.568. The van der Waals surface area contributed by atoms with Crippen molar-refractivity contribution in [2.75, 3.05) is 26.7 Å². The van der Waals surface area contributed by atoms with E-state index in [2.05, 4.69) is 45.6 Å². The molecule has 0 spiro atoms. The van der Waals surface area contributed by atoms with Crippen LogP contribution in [-0.2, 0) is 4.74 Å². The van der Waals surface area contributed by atoms with E-state index >= 15 is 0 Å². The van der Waals surface area contributed by atoms with Crippen molar-refractivity contribution in [3.63, 3.8) is 0 Å². The van der Waals surface area contributed by atoms with Crippen LogP contribution in [0, 0.1) is 0 Å². The molecule has 0 rings (SSSR count). The standard InChI is InChI=1S/C15H31NO/c1-7-16(8-2)13-11-14(3)10-9-12-15(4,5)17-6/h11H,7-10,12-13H2,1-6H3. The van der Waals surface area contributed by atoms with E-state index in [-0.39, 0.29) is 5.60 Å². The van der Waals surface area contributed by atoms with E-state index in [1.54, 1.807) is 7.11 Å². The summed E-state index contributed by atoms with van der Waals surface area (Å²) in [5.74, 6) is 0. The monoisotopic (exact) mass is 241 g/mol. The molecule has 0 heterocycles. The summed E-state index contributed by atoms with van der Waals surface area (Å²) in [6, 6.07) is 0. The second-order valence-electron chi connectivity index (χ2n) is 5.35. The van der Waals surface area contributed by atoms with Crippen LogP contribution in [0.15, 0.2) is 11.6 Å². The highest BCUT2D eigenvalue weighted by Gasteiger charge is 2.14. The highest BCUT2D eigenvalue weighted by Crippen LogP contribution is 2.18. The van der Waals surface area contributed by atoms with Gasteiger partial charge in [-0.3, -0.25) is 0 Å². The number of likely N-dealkylation sites (N-methyl/N-ethyl adjacent to an activating group) is 1. The van der Waals surface area contributed by atoms with Crippen LogP contribution in [-0.4, -0.2) is 37.2 Å². The minimum absolute atomic E-state index is 0.0269. The first kappa shape index (κ1) is 16.7. The molecule has 0 aromatic carbocycles. The number of allylic oxidation sites excluding steroid dienone is 1. The normalized spacial score (nSPS) is 13.5. The maximum atomic E-state index is 5.42. The summed E-state index contributed by atoms with van der Waals surface area (Å²) in [4.78, 5) is 2.43. The van der Waals surface area contributed by atoms with Crippen LogP contribution in [0.2, 0.25) is 0 Å². The van der Waals surface area contributed by atoms with Crippen LogP contribution < -0.4 is 0 Å². The molecule has 2 heteroatoms. The number of hydrogen-bond donors (Lipinski definition) is 0. The van der Waals surface area contributed by atoms with Crippen LogP contribution in [0.3, 0.4) is 0 Å². The van der Waals surface area contributed by atoms with Crippen molar-refractivity contribution < 1.29 is 4.74 Å². The third kappa shape index (κ3) is 8.39. The number of hydrogen-bond acceptors (Lipinski definition) is 2. The number of methoxy groups -OCH3 is 1. The van der Waals surface area contributed by atoms with Gasteiger partial charge in [-0.2, -0.15) is 0 Å². The van der Waals surface area contributed by atoms with Crippen molar-refractivity contribution in [1.29, 1.82) is 0 Å². The van der Waals surface area contributed by atoms with Crippen LogP contribution in [0.4, 0.5) is 0 Å². The fourth-order valence-corrected chi connectivity index (χ4v) is 1.76. The van der Waals surface area contributed by atoms with Gasteiger partial charge in [0.15, 0.2) is 0 Å². The van der Waals surface area contributed by atoms with Crippen LogP contribution in [0.5, 0.6) is 0 Å². The van der Waals surface area contributed by atoms with Gasteiger partial charge < -0.3 is 9.64 Å². The van der Waals surface area contributed by atoms with Gasteiger partial charge in [-0.15, -0.1) is 0 Å². The van der Waals surface area contributed by atoms with Crippen molar-refractivity contribution in [2.45, 2.75) is 59.5 Å². The molecule has 0 aliphatic heterocycles. The molecule has 0 aliphatic rings. The van der Waals surface area contributed by atoms with Crippen molar-refractivity contribution in [2.24, 2.45) is 0 Å². The fourth-order valence-electron chi connectivity index (χ4n) is 1.76. The second kappa shape index (κ2) is 8.71. The predicted molar refractivity (Wildman–Crippen MR) is 76.5 cm³/mol. The molecule has 0 saturated carbocycles. The summed E-state index contributed by atoms with van der Waals surface area (Å²) in [6.45, 7) is 14.3. The smallest absolute Gasteiger partial charge is 0.0622 e. The zero-order chi connectivity index (χ0) is 13.3. The number of nitrogens with zero attached hydrogens (tertiary/aromatic N) is 1. The van der Waals surface area contributed by atoms with Crippen molar-refractivity contribution in [1.82, 2.24) is 4.90 Å². The lowest BCUT2D eigenvalue weighted by molar-refractivity contribution is 0.0140. The Bertz CT molecular complexity index is 217. The van der Waals surface area contributed by atoms with Gasteiger partial charge in [-0.1, -0.05) is 25.5 Å². The molecule has 0 amide bonds. The molecular formula is C15H31NO. The zero-order valence-electron chi connectivity index (χ0n) is 12.7. The lowest BCUT2D eigenvalue weighted by Crippen LogP contribution is -2.23. The van der Waals surface area contributed by atoms with E-state index in [0.717, 1.165) is 26.1 Å². The van der Waals surface area contributed by atoms with Gasteiger partial charge in [0, 0.05) is 13.7 Å². The van der Waals surface area contributed by atoms with E-state index in [4.69, 9.17) is 4.74 Å². The third-order valence-electron chi connectivity index (χ3n) is 3.49. The SMILES string of the molecule is CCN(CC)CC=C(C)CCCC(C)(C)OC. The number of ether oxygens (including phenoxy) is 1. The Morgan fingerprint density at radius 1 is 1.24 bits per heavy atom. The first-order chi connectivity index (χ1) is 7.95. The largest absolute Gasteiger partial charge is 0.379 e. The predicted octanol–water partition coefficient (Wildman–Crippen LogP) is 3.87. The average Bonchev–Trinajstić information content (AvgIpc) is 2.30. The zero-order valence-corrected chi connectivity index (χ0v) is 12.7. The van der Waals surface area contributed by atoms with Crippen LogP contribution in [0.25, 0.3) is 0 Å². The molecule has 0 fully saturated rings. The average molecular weight is 241 g/mol. The first-order valence-corrected chi connectivity index (χ1v) is 6.88. The maximum Gasteiger partial charge on any atom is 0.0622 e. The van der Waals surface area contributed by atoms with Gasteiger partial charge in [0.25, 0.3) is 0 Å². The molecule has 0 bridgehead atoms. The Morgan fingerprint density at radius 3 is 2.29 bits per heavy atom. The topological polar surface area (TPSA) is 12.5 Å². The third-order valence-corrected chi connectivity index (χ3v) is 3.49. The second-order valence-corrected chi connectivity index (χ2v) is 5.35. The van der Waals surface area contributed by atoms with Crippen molar-refractivity contribution >= 4 is 0 Å². The van der Waals surface area contributed by atoms with Gasteiger partial charge >= 0.3 is 0 Å². The first-order valence-electron chi connectivity index (χ1n) is 6.88. The fraction of sp³-hybridized carbons (Fsp3) is 0.867. The van der Waals surface area contributed by atoms with Gasteiger partial charge in [0.1, 0.15) is 0 Å². The minimum atomic E-state index is 0.0269. The molecule has 2 nitrogen and oxygen atoms in total. The molecule has 0 N–H and O–H groups in total. The van der Waals surface area contributed by atoms with E-state index in [1.807, 2.05) is 0 Å². The summed E-state index contributed by atoms with van der Waals surface area (Å²) in [7, 11) is 1.79. The lowest BCUT2D eigenvalue weighted by Gasteiger charge is -2.22. The molecule has 0 radical (unpaired) electrons. The van der Waals surface area contributed by atoms with Gasteiger partial charge in [-0.05, 0) is 53.1 Å². The Morgan fingerprint density at radius 2 is 1.82 bits per heavy atom. The Balaban J connectivity index is 3.85. The summed E-state index contributed by atoms with van der Waals surface area (Å²) < 4.78 is 5.42. The Hall–Kier alpha value is -0.340. The lowest BCUT2D eigenvalue weighted by atomic mass is 9.99. The molecule has 17 heavy (non-hydrogen) atoms. The van der Waals surface area contributed by atoms with Gasteiger partial charge in [-0.25, -0.2) is 0 Å². The highest BCUT2D eigenvalue weighted by atomic mass is 16.5. The van der Waals surface area contributed by atoms with Crippen LogP contribution >= 0.6 is 0 Å². The van der Waals surface area contributed by atoms with E-state index in [0.29, 0.717) is 0 Å². The summed E-state index contributed by atoms with van der Waals surface area (Å²) in [5, 5.41) is 0. The van der Waals surface area contributed by atoms with Gasteiger partial charge in [0.05, 0.1) is 5.60 Å². The molecule has 0 aromatic rings. The van der Waals surface area contributed by atoms with E-state index < -0.39 is 0 Å². The summed E-state index contributed by atoms with van der Waals surface area (Å²) >= 11 is 0. The summed E-state index contributed by atoms with van der Waals surface area (Å²) in [5.41, 5.74) is 1.53. The number of rotatable bonds is 9. The molecule has 0 atom stereocenters. The van der Waals surface area contributed by atoms with Gasteiger partial charge in [0.2, 0.25) is 0 Å². The van der Waals surface area contributed by atoms with Crippen molar-refractivity contribution in [3.8, 4) is 0 Å². The van der Waals surface area contributed by atoms with E-state index in [1.165, 1.54) is 18.4 Å². The van der Waals surface area contributed by atoms with Crippen molar-refractivity contribution in [3.05, 3.63) is 11.6 Å². The van der Waals surface area contributed by atoms with Crippen LogP contribution in [0.1, 0.15) is 53.9 Å². The molecule has 102 valence electrons. The summed E-state index contributed by atoms with van der Waals surface area (Å²) in [6.07, 6.45) is 5.89. The maximum absolute atomic E-state index is 5.42. The minimum Gasteiger partial charge on any atom is -0.379 e. The Labute approximate surface area is 108 Å². The molecular weight excluding hydrogens is 210 g/mol. The molecule has 0 aromatic heterocycles. The molecule has 0 saturated heterocycles. The highest BCUT2D eigenvalue weighted by molar-refractivity contribution is 4.99. The molecule has 0 unspecified atom stereocenters.